The lowest BCUT2D eigenvalue weighted by molar-refractivity contribution is 0.0912. The van der Waals surface area contributed by atoms with E-state index in [1.165, 1.54) is 12.6 Å². The molecule has 1 saturated heterocycles. The summed E-state index contributed by atoms with van der Waals surface area (Å²) in [6, 6.07) is 0.220. The molecule has 1 unspecified atom stereocenters. The summed E-state index contributed by atoms with van der Waals surface area (Å²) in [7, 11) is 0. The van der Waals surface area contributed by atoms with Crippen LogP contribution in [0, 0.1) is 0 Å². The quantitative estimate of drug-likeness (QED) is 0.661. The molecular weight excluding hydrogens is 170 g/mol. The van der Waals surface area contributed by atoms with Gasteiger partial charge >= 0.3 is 0 Å². The van der Waals surface area contributed by atoms with Gasteiger partial charge in [-0.2, -0.15) is 0 Å². The number of oxazole rings is 1. The molecule has 2 rings (SSSR count). The lowest BCUT2D eigenvalue weighted by Gasteiger charge is -2.08. The SMILES string of the molecule is O=C(NC1CCNC1)c1cnco1. The largest absolute Gasteiger partial charge is 0.438 e. The fourth-order valence-corrected chi connectivity index (χ4v) is 1.36. The van der Waals surface area contributed by atoms with Crippen molar-refractivity contribution in [2.75, 3.05) is 13.1 Å². The minimum absolute atomic E-state index is 0.189. The van der Waals surface area contributed by atoms with E-state index in [0.717, 1.165) is 19.5 Å². The highest BCUT2D eigenvalue weighted by Gasteiger charge is 2.18. The molecule has 0 aliphatic carbocycles. The van der Waals surface area contributed by atoms with Crippen molar-refractivity contribution in [2.45, 2.75) is 12.5 Å². The molecule has 0 spiro atoms. The molecule has 0 radical (unpaired) electrons. The van der Waals surface area contributed by atoms with Gasteiger partial charge in [0.05, 0.1) is 6.20 Å². The number of hydrogen-bond donors (Lipinski definition) is 2. The molecule has 0 aromatic carbocycles. The van der Waals surface area contributed by atoms with Crippen LogP contribution in [0.2, 0.25) is 0 Å². The maximum absolute atomic E-state index is 11.4. The van der Waals surface area contributed by atoms with Gasteiger partial charge < -0.3 is 15.1 Å². The number of amides is 1. The van der Waals surface area contributed by atoms with Gasteiger partial charge in [-0.3, -0.25) is 4.79 Å². The summed E-state index contributed by atoms with van der Waals surface area (Å²) in [5, 5.41) is 6.01. The molecule has 1 aliphatic rings. The van der Waals surface area contributed by atoms with Gasteiger partial charge in [0.1, 0.15) is 0 Å². The average Bonchev–Trinajstić information content (AvgIpc) is 2.74. The number of nitrogens with one attached hydrogen (secondary N) is 2. The summed E-state index contributed by atoms with van der Waals surface area (Å²) in [6.45, 7) is 1.79. The molecule has 2 heterocycles. The smallest absolute Gasteiger partial charge is 0.288 e. The third kappa shape index (κ3) is 1.86. The Kier molecular flexibility index (Phi) is 2.27. The van der Waals surface area contributed by atoms with Gasteiger partial charge in [0.25, 0.3) is 5.91 Å². The zero-order valence-corrected chi connectivity index (χ0v) is 7.12. The molecule has 0 saturated carbocycles. The average molecular weight is 181 g/mol. The van der Waals surface area contributed by atoms with E-state index < -0.39 is 0 Å². The molecule has 0 bridgehead atoms. The van der Waals surface area contributed by atoms with Crippen molar-refractivity contribution in [3.8, 4) is 0 Å². The first-order valence-electron chi connectivity index (χ1n) is 4.26. The lowest BCUT2D eigenvalue weighted by atomic mass is 10.2. The predicted octanol–water partition coefficient (Wildman–Crippen LogP) is -0.234. The monoisotopic (exact) mass is 181 g/mol. The van der Waals surface area contributed by atoms with Crippen molar-refractivity contribution in [3.05, 3.63) is 18.4 Å². The van der Waals surface area contributed by atoms with Crippen LogP contribution in [0.25, 0.3) is 0 Å². The van der Waals surface area contributed by atoms with Crippen molar-refractivity contribution in [1.29, 1.82) is 0 Å². The van der Waals surface area contributed by atoms with Crippen molar-refractivity contribution in [2.24, 2.45) is 0 Å². The van der Waals surface area contributed by atoms with Crippen LogP contribution in [-0.2, 0) is 0 Å². The Balaban J connectivity index is 1.91. The molecule has 70 valence electrons. The Morgan fingerprint density at radius 1 is 1.77 bits per heavy atom. The van der Waals surface area contributed by atoms with E-state index in [1.807, 2.05) is 0 Å². The third-order valence-corrected chi connectivity index (χ3v) is 2.05. The Morgan fingerprint density at radius 2 is 2.69 bits per heavy atom. The Labute approximate surface area is 75.5 Å². The fraction of sp³-hybridized carbons (Fsp3) is 0.500. The number of carbonyl (C=O) groups excluding carboxylic acids is 1. The van der Waals surface area contributed by atoms with Gasteiger partial charge in [-0.25, -0.2) is 4.98 Å². The fourth-order valence-electron chi connectivity index (χ4n) is 1.36. The molecule has 13 heavy (non-hydrogen) atoms. The summed E-state index contributed by atoms with van der Waals surface area (Å²) in [5.74, 6) is 0.0816. The molecule has 1 fully saturated rings. The van der Waals surface area contributed by atoms with Gasteiger partial charge in [-0.1, -0.05) is 0 Å². The van der Waals surface area contributed by atoms with E-state index in [2.05, 4.69) is 15.6 Å². The predicted molar refractivity (Wildman–Crippen MR) is 45.2 cm³/mol. The summed E-state index contributed by atoms with van der Waals surface area (Å²) >= 11 is 0. The van der Waals surface area contributed by atoms with E-state index in [1.54, 1.807) is 0 Å². The minimum atomic E-state index is -0.189. The first-order chi connectivity index (χ1) is 6.36. The highest BCUT2D eigenvalue weighted by atomic mass is 16.3. The van der Waals surface area contributed by atoms with Gasteiger partial charge in [0, 0.05) is 12.6 Å². The topological polar surface area (TPSA) is 67.2 Å². The summed E-state index contributed by atoms with van der Waals surface area (Å²) in [4.78, 5) is 15.1. The zero-order chi connectivity index (χ0) is 9.10. The molecule has 5 nitrogen and oxygen atoms in total. The highest BCUT2D eigenvalue weighted by molar-refractivity contribution is 5.91. The van der Waals surface area contributed by atoms with Crippen molar-refractivity contribution < 1.29 is 9.21 Å². The zero-order valence-electron chi connectivity index (χ0n) is 7.12. The Morgan fingerprint density at radius 3 is 3.31 bits per heavy atom. The van der Waals surface area contributed by atoms with Crippen molar-refractivity contribution >= 4 is 5.91 Å². The molecule has 5 heteroatoms. The third-order valence-electron chi connectivity index (χ3n) is 2.05. The number of aromatic nitrogens is 1. The van der Waals surface area contributed by atoms with E-state index in [-0.39, 0.29) is 17.7 Å². The van der Waals surface area contributed by atoms with Crippen LogP contribution in [0.15, 0.2) is 17.0 Å². The van der Waals surface area contributed by atoms with Crippen LogP contribution in [0.3, 0.4) is 0 Å². The van der Waals surface area contributed by atoms with Crippen LogP contribution < -0.4 is 10.6 Å². The maximum Gasteiger partial charge on any atom is 0.288 e. The normalized spacial score (nSPS) is 21.7. The number of nitrogens with zero attached hydrogens (tertiary/aromatic N) is 1. The molecule has 2 N–H and O–H groups in total. The Bertz CT molecular complexity index is 278. The Hall–Kier alpha value is -1.36. The molecular formula is C8H11N3O2. The molecule has 1 aromatic rings. The minimum Gasteiger partial charge on any atom is -0.438 e. The summed E-state index contributed by atoms with van der Waals surface area (Å²) in [5.41, 5.74) is 0. The van der Waals surface area contributed by atoms with Gasteiger partial charge in [-0.15, -0.1) is 0 Å². The lowest BCUT2D eigenvalue weighted by Crippen LogP contribution is -2.35. The van der Waals surface area contributed by atoms with E-state index in [0.29, 0.717) is 0 Å². The molecule has 1 atom stereocenters. The molecule has 1 aliphatic heterocycles. The van der Waals surface area contributed by atoms with Crippen LogP contribution in [0.4, 0.5) is 0 Å². The number of rotatable bonds is 2. The van der Waals surface area contributed by atoms with Gasteiger partial charge in [0.2, 0.25) is 5.76 Å². The van der Waals surface area contributed by atoms with E-state index >= 15 is 0 Å². The van der Waals surface area contributed by atoms with Crippen LogP contribution in [0.1, 0.15) is 17.0 Å². The van der Waals surface area contributed by atoms with Crippen LogP contribution >= 0.6 is 0 Å². The van der Waals surface area contributed by atoms with E-state index in [4.69, 9.17) is 4.42 Å². The van der Waals surface area contributed by atoms with Gasteiger partial charge in [0.15, 0.2) is 6.39 Å². The second-order valence-electron chi connectivity index (χ2n) is 3.03. The summed E-state index contributed by atoms with van der Waals surface area (Å²) < 4.78 is 4.86. The number of hydrogen-bond acceptors (Lipinski definition) is 4. The first kappa shape index (κ1) is 8.25. The second-order valence-corrected chi connectivity index (χ2v) is 3.03. The maximum atomic E-state index is 11.4. The van der Waals surface area contributed by atoms with Crippen molar-refractivity contribution in [3.63, 3.8) is 0 Å². The first-order valence-corrected chi connectivity index (χ1v) is 4.26. The molecule has 1 aromatic heterocycles. The second kappa shape index (κ2) is 3.57. The highest BCUT2D eigenvalue weighted by Crippen LogP contribution is 2.01. The number of carbonyl (C=O) groups is 1. The van der Waals surface area contributed by atoms with Gasteiger partial charge in [-0.05, 0) is 13.0 Å². The van der Waals surface area contributed by atoms with Crippen LogP contribution in [0.5, 0.6) is 0 Å². The van der Waals surface area contributed by atoms with E-state index in [9.17, 15) is 4.79 Å². The standard InChI is InChI=1S/C8H11N3O2/c12-8(7-4-10-5-13-7)11-6-1-2-9-3-6/h4-6,9H,1-3H2,(H,11,12). The van der Waals surface area contributed by atoms with Crippen LogP contribution in [-0.4, -0.2) is 30.0 Å². The summed E-state index contributed by atoms with van der Waals surface area (Å²) in [6.07, 6.45) is 3.64. The molecule has 1 amide bonds. The van der Waals surface area contributed by atoms with Crippen molar-refractivity contribution in [1.82, 2.24) is 15.6 Å².